The number of para-hydroxylation sites is 1. The molecule has 0 radical (unpaired) electrons. The van der Waals surface area contributed by atoms with Gasteiger partial charge in [0.1, 0.15) is 4.21 Å². The lowest BCUT2D eigenvalue weighted by molar-refractivity contribution is -0.116. The van der Waals surface area contributed by atoms with Gasteiger partial charge in [-0.3, -0.25) is 9.52 Å². The predicted molar refractivity (Wildman–Crippen MR) is 119 cm³/mol. The maximum atomic E-state index is 12.7. The van der Waals surface area contributed by atoms with Crippen molar-refractivity contribution in [1.29, 1.82) is 0 Å². The summed E-state index contributed by atoms with van der Waals surface area (Å²) >= 11 is 2.63. The fraction of sp³-hybridized carbons (Fsp3) is 0.190. The first kappa shape index (κ1) is 20.0. The van der Waals surface area contributed by atoms with Gasteiger partial charge in [-0.15, -0.1) is 23.1 Å². The van der Waals surface area contributed by atoms with Crippen LogP contribution in [0.15, 0.2) is 75.1 Å². The first-order valence-electron chi connectivity index (χ1n) is 9.20. The number of thioether (sulfide) groups is 1. The number of benzene rings is 2. The van der Waals surface area contributed by atoms with Crippen LogP contribution in [0.4, 0.5) is 11.4 Å². The monoisotopic (exact) mass is 444 g/mol. The van der Waals surface area contributed by atoms with Gasteiger partial charge in [-0.2, -0.15) is 0 Å². The number of rotatable bonds is 6. The molecule has 0 spiro atoms. The fourth-order valence-corrected chi connectivity index (χ4v) is 6.08. The van der Waals surface area contributed by atoms with Gasteiger partial charge >= 0.3 is 0 Å². The summed E-state index contributed by atoms with van der Waals surface area (Å²) < 4.78 is 27.4. The van der Waals surface area contributed by atoms with Gasteiger partial charge in [0.15, 0.2) is 0 Å². The van der Waals surface area contributed by atoms with Crippen LogP contribution in [0.25, 0.3) is 0 Å². The van der Waals surface area contributed by atoms with Crippen molar-refractivity contribution < 1.29 is 13.2 Å². The topological polar surface area (TPSA) is 66.5 Å². The molecule has 1 aliphatic rings. The Kier molecular flexibility index (Phi) is 5.94. The van der Waals surface area contributed by atoms with Gasteiger partial charge < -0.3 is 4.90 Å². The Morgan fingerprint density at radius 1 is 1.07 bits per heavy atom. The average molecular weight is 445 g/mol. The maximum absolute atomic E-state index is 12.7. The third-order valence-corrected chi connectivity index (χ3v) is 8.42. The van der Waals surface area contributed by atoms with Crippen LogP contribution in [0.3, 0.4) is 0 Å². The molecule has 1 aromatic heterocycles. The number of nitrogens with zero attached hydrogens (tertiary/aromatic N) is 1. The summed E-state index contributed by atoms with van der Waals surface area (Å²) in [6.45, 7) is 0.750. The molecule has 1 N–H and O–H groups in total. The van der Waals surface area contributed by atoms with Crippen LogP contribution in [-0.2, 0) is 21.2 Å². The molecule has 2 heterocycles. The Bertz CT molecular complexity index is 1090. The molecule has 0 saturated heterocycles. The van der Waals surface area contributed by atoms with Crippen LogP contribution in [0, 0.1) is 0 Å². The van der Waals surface area contributed by atoms with Crippen molar-refractivity contribution in [3.05, 3.63) is 71.6 Å². The fourth-order valence-electron chi connectivity index (χ4n) is 3.26. The molecule has 0 aliphatic carbocycles. The zero-order chi connectivity index (χ0) is 20.3. The molecule has 0 saturated carbocycles. The molecule has 4 rings (SSSR count). The Balaban J connectivity index is 1.37. The molecule has 150 valence electrons. The molecular formula is C21H20N2O3S3. The third kappa shape index (κ3) is 4.66. The first-order valence-corrected chi connectivity index (χ1v) is 12.6. The molecular weight excluding hydrogens is 424 g/mol. The van der Waals surface area contributed by atoms with Gasteiger partial charge in [0.05, 0.1) is 5.75 Å². The summed E-state index contributed by atoms with van der Waals surface area (Å²) in [7, 11) is -3.55. The van der Waals surface area contributed by atoms with Gasteiger partial charge in [-0.05, 0) is 60.2 Å². The number of nitrogens with one attached hydrogen (secondary N) is 1. The largest absolute Gasteiger partial charge is 0.311 e. The van der Waals surface area contributed by atoms with E-state index in [0.29, 0.717) is 11.4 Å². The standard InChI is InChI=1S/C21H20N2O3S3/c24-20(23-13-3-6-16-5-1-2-7-19(16)23)15-28-18-11-9-17(10-12-18)22-29(25,26)21-8-4-14-27-21/h1-2,4-5,7-12,14,22H,3,6,13,15H2. The van der Waals surface area contributed by atoms with Crippen molar-refractivity contribution in [2.45, 2.75) is 21.9 Å². The summed E-state index contributed by atoms with van der Waals surface area (Å²) in [6.07, 6.45) is 1.99. The van der Waals surface area contributed by atoms with E-state index in [0.717, 1.165) is 30.0 Å². The van der Waals surface area contributed by atoms with Crippen molar-refractivity contribution in [2.75, 3.05) is 21.9 Å². The van der Waals surface area contributed by atoms with E-state index in [1.807, 2.05) is 35.2 Å². The van der Waals surface area contributed by atoms with E-state index in [-0.39, 0.29) is 10.1 Å². The second-order valence-corrected chi connectivity index (χ2v) is 10.5. The quantitative estimate of drug-likeness (QED) is 0.564. The van der Waals surface area contributed by atoms with Crippen LogP contribution >= 0.6 is 23.1 Å². The Morgan fingerprint density at radius 2 is 1.86 bits per heavy atom. The summed E-state index contributed by atoms with van der Waals surface area (Å²) in [6, 6.07) is 18.4. The molecule has 3 aromatic rings. The van der Waals surface area contributed by atoms with E-state index >= 15 is 0 Å². The van der Waals surface area contributed by atoms with E-state index < -0.39 is 10.0 Å². The lowest BCUT2D eigenvalue weighted by atomic mass is 10.0. The molecule has 1 aliphatic heterocycles. The number of aryl methyl sites for hydroxylation is 1. The maximum Gasteiger partial charge on any atom is 0.271 e. The van der Waals surface area contributed by atoms with Crippen molar-refractivity contribution in [3.8, 4) is 0 Å². The number of fused-ring (bicyclic) bond motifs is 1. The van der Waals surface area contributed by atoms with Crippen LogP contribution in [0.1, 0.15) is 12.0 Å². The van der Waals surface area contributed by atoms with E-state index in [9.17, 15) is 13.2 Å². The van der Waals surface area contributed by atoms with Crippen molar-refractivity contribution in [1.82, 2.24) is 0 Å². The Labute approximate surface area is 178 Å². The van der Waals surface area contributed by atoms with E-state index in [2.05, 4.69) is 10.8 Å². The predicted octanol–water partition coefficient (Wildman–Crippen LogP) is 4.62. The minimum absolute atomic E-state index is 0.0876. The Morgan fingerprint density at radius 3 is 2.62 bits per heavy atom. The summed E-state index contributed by atoms with van der Waals surface area (Å²) in [5.41, 5.74) is 2.74. The van der Waals surface area contributed by atoms with Gasteiger partial charge in [-0.25, -0.2) is 8.42 Å². The number of sulfonamides is 1. The normalized spacial score (nSPS) is 13.7. The minimum Gasteiger partial charge on any atom is -0.311 e. The highest BCUT2D eigenvalue weighted by molar-refractivity contribution is 8.00. The number of carbonyl (C=O) groups excluding carboxylic acids is 1. The molecule has 0 unspecified atom stereocenters. The van der Waals surface area contributed by atoms with Crippen LogP contribution in [0.5, 0.6) is 0 Å². The second-order valence-electron chi connectivity index (χ2n) is 6.63. The zero-order valence-corrected chi connectivity index (χ0v) is 18.0. The van der Waals surface area contributed by atoms with E-state index in [1.165, 1.54) is 28.7 Å². The molecule has 2 aromatic carbocycles. The number of hydrogen-bond donors (Lipinski definition) is 1. The van der Waals surface area contributed by atoms with Crippen molar-refractivity contribution >= 4 is 50.4 Å². The number of hydrogen-bond acceptors (Lipinski definition) is 5. The van der Waals surface area contributed by atoms with Gasteiger partial charge in [0, 0.05) is 22.8 Å². The summed E-state index contributed by atoms with van der Waals surface area (Å²) in [4.78, 5) is 15.5. The molecule has 29 heavy (non-hydrogen) atoms. The van der Waals surface area contributed by atoms with Crippen LogP contribution in [-0.4, -0.2) is 26.6 Å². The van der Waals surface area contributed by atoms with Crippen molar-refractivity contribution in [3.63, 3.8) is 0 Å². The zero-order valence-electron chi connectivity index (χ0n) is 15.6. The van der Waals surface area contributed by atoms with E-state index in [4.69, 9.17) is 0 Å². The van der Waals surface area contributed by atoms with Gasteiger partial charge in [-0.1, -0.05) is 24.3 Å². The van der Waals surface area contributed by atoms with Crippen molar-refractivity contribution in [2.24, 2.45) is 0 Å². The van der Waals surface area contributed by atoms with Gasteiger partial charge in [0.25, 0.3) is 10.0 Å². The molecule has 8 heteroatoms. The highest BCUT2D eigenvalue weighted by atomic mass is 32.2. The molecule has 1 amide bonds. The SMILES string of the molecule is O=C(CSc1ccc(NS(=O)(=O)c2cccs2)cc1)N1CCCc2ccccc21. The number of thiophene rings is 1. The number of amides is 1. The third-order valence-electron chi connectivity index (χ3n) is 4.64. The first-order chi connectivity index (χ1) is 14.0. The molecule has 0 bridgehead atoms. The summed E-state index contributed by atoms with van der Waals surface area (Å²) in [5, 5.41) is 1.73. The number of anilines is 2. The second kappa shape index (κ2) is 8.61. The lowest BCUT2D eigenvalue weighted by Gasteiger charge is -2.29. The average Bonchev–Trinajstić information content (AvgIpc) is 3.28. The Hall–Kier alpha value is -2.29. The number of carbonyl (C=O) groups is 1. The smallest absolute Gasteiger partial charge is 0.271 e. The molecule has 0 atom stereocenters. The van der Waals surface area contributed by atoms with E-state index in [1.54, 1.807) is 29.6 Å². The minimum atomic E-state index is -3.55. The molecule has 5 nitrogen and oxygen atoms in total. The van der Waals surface area contributed by atoms with Crippen LogP contribution < -0.4 is 9.62 Å². The highest BCUT2D eigenvalue weighted by Crippen LogP contribution is 2.29. The highest BCUT2D eigenvalue weighted by Gasteiger charge is 2.22. The van der Waals surface area contributed by atoms with Crippen LogP contribution in [0.2, 0.25) is 0 Å². The molecule has 0 fully saturated rings. The summed E-state index contributed by atoms with van der Waals surface area (Å²) in [5.74, 6) is 0.429. The van der Waals surface area contributed by atoms with Gasteiger partial charge in [0.2, 0.25) is 5.91 Å². The lowest BCUT2D eigenvalue weighted by Crippen LogP contribution is -2.36.